The number of hydrogen-bond acceptors (Lipinski definition) is 4. The van der Waals surface area contributed by atoms with E-state index in [1.54, 1.807) is 25.3 Å². The number of esters is 1. The van der Waals surface area contributed by atoms with Crippen molar-refractivity contribution in [1.29, 1.82) is 0 Å². The van der Waals surface area contributed by atoms with Crippen molar-refractivity contribution in [3.63, 3.8) is 0 Å². The molecule has 1 heterocycles. The lowest BCUT2D eigenvalue weighted by Crippen LogP contribution is -2.21. The van der Waals surface area contributed by atoms with Crippen LogP contribution in [-0.4, -0.2) is 25.0 Å². The number of methoxy groups -OCH3 is 1. The van der Waals surface area contributed by atoms with E-state index in [-0.39, 0.29) is 24.1 Å². The standard InChI is InChI=1S/C20H18O4/c1-23-16-9-7-14(8-10-16)17(19-11-12-20(22)24-19)13-18(21)15-5-3-2-4-6-15/h2-12,17,19H,13H2,1H3/t17-,19-/m0/s1. The minimum absolute atomic E-state index is 0.0211. The first-order valence-corrected chi connectivity index (χ1v) is 7.78. The zero-order chi connectivity index (χ0) is 16.9. The average Bonchev–Trinajstić information content (AvgIpc) is 3.06. The van der Waals surface area contributed by atoms with Crippen LogP contribution < -0.4 is 4.74 Å². The van der Waals surface area contributed by atoms with Crippen LogP contribution >= 0.6 is 0 Å². The fourth-order valence-corrected chi connectivity index (χ4v) is 2.82. The van der Waals surface area contributed by atoms with E-state index in [9.17, 15) is 9.59 Å². The lowest BCUT2D eigenvalue weighted by molar-refractivity contribution is -0.139. The van der Waals surface area contributed by atoms with Crippen LogP contribution in [0.2, 0.25) is 0 Å². The second-order valence-corrected chi connectivity index (χ2v) is 5.63. The molecule has 4 heteroatoms. The second kappa shape index (κ2) is 7.13. The van der Waals surface area contributed by atoms with E-state index < -0.39 is 6.10 Å². The molecule has 0 aliphatic carbocycles. The molecule has 1 aliphatic heterocycles. The van der Waals surface area contributed by atoms with Gasteiger partial charge in [0.25, 0.3) is 0 Å². The van der Waals surface area contributed by atoms with Gasteiger partial charge >= 0.3 is 5.97 Å². The summed E-state index contributed by atoms with van der Waals surface area (Å²) >= 11 is 0. The van der Waals surface area contributed by atoms with Crippen LogP contribution in [0.1, 0.15) is 28.3 Å². The van der Waals surface area contributed by atoms with E-state index >= 15 is 0 Å². The highest BCUT2D eigenvalue weighted by molar-refractivity contribution is 5.96. The first-order chi connectivity index (χ1) is 11.7. The number of Topliss-reactive ketones (excluding diaryl/α,β-unsaturated/α-hetero) is 1. The summed E-state index contributed by atoms with van der Waals surface area (Å²) in [5.41, 5.74) is 1.59. The van der Waals surface area contributed by atoms with E-state index in [4.69, 9.17) is 9.47 Å². The van der Waals surface area contributed by atoms with Crippen molar-refractivity contribution in [2.24, 2.45) is 0 Å². The summed E-state index contributed by atoms with van der Waals surface area (Å²) in [7, 11) is 1.60. The molecule has 3 rings (SSSR count). The molecule has 24 heavy (non-hydrogen) atoms. The van der Waals surface area contributed by atoms with E-state index in [1.165, 1.54) is 6.08 Å². The van der Waals surface area contributed by atoms with Gasteiger partial charge in [0, 0.05) is 24.0 Å². The molecule has 0 aromatic heterocycles. The maximum Gasteiger partial charge on any atom is 0.331 e. The Morgan fingerprint density at radius 1 is 1.12 bits per heavy atom. The SMILES string of the molecule is COc1ccc([C@H](CC(=O)c2ccccc2)[C@@H]2C=CC(=O)O2)cc1. The number of ether oxygens (including phenoxy) is 2. The van der Waals surface area contributed by atoms with Crippen LogP contribution in [0.3, 0.4) is 0 Å². The molecule has 0 unspecified atom stereocenters. The molecule has 122 valence electrons. The summed E-state index contributed by atoms with van der Waals surface area (Å²) in [4.78, 5) is 24.0. The molecule has 0 bridgehead atoms. The van der Waals surface area contributed by atoms with Crippen molar-refractivity contribution in [3.05, 3.63) is 77.9 Å². The van der Waals surface area contributed by atoms with E-state index in [0.717, 1.165) is 11.3 Å². The highest BCUT2D eigenvalue weighted by atomic mass is 16.5. The number of rotatable bonds is 6. The Labute approximate surface area is 140 Å². The quantitative estimate of drug-likeness (QED) is 0.603. The molecule has 2 aromatic rings. The van der Waals surface area contributed by atoms with Gasteiger partial charge in [0.2, 0.25) is 0 Å². The third kappa shape index (κ3) is 3.54. The summed E-state index contributed by atoms with van der Waals surface area (Å²) in [5, 5.41) is 0. The van der Waals surface area contributed by atoms with Crippen LogP contribution in [0.25, 0.3) is 0 Å². The Balaban J connectivity index is 1.85. The lowest BCUT2D eigenvalue weighted by Gasteiger charge is -2.22. The Bertz CT molecular complexity index is 747. The van der Waals surface area contributed by atoms with Crippen molar-refractivity contribution in [2.45, 2.75) is 18.4 Å². The Morgan fingerprint density at radius 2 is 1.83 bits per heavy atom. The number of ketones is 1. The Morgan fingerprint density at radius 3 is 2.42 bits per heavy atom. The number of hydrogen-bond donors (Lipinski definition) is 0. The van der Waals surface area contributed by atoms with Gasteiger partial charge < -0.3 is 9.47 Å². The molecule has 2 atom stereocenters. The van der Waals surface area contributed by atoms with Gasteiger partial charge in [-0.15, -0.1) is 0 Å². The van der Waals surface area contributed by atoms with Gasteiger partial charge in [-0.05, 0) is 23.8 Å². The number of cyclic esters (lactones) is 1. The van der Waals surface area contributed by atoms with Crippen molar-refractivity contribution < 1.29 is 19.1 Å². The zero-order valence-corrected chi connectivity index (χ0v) is 13.3. The van der Waals surface area contributed by atoms with Crippen molar-refractivity contribution in [1.82, 2.24) is 0 Å². The molecule has 0 radical (unpaired) electrons. The van der Waals surface area contributed by atoms with Gasteiger partial charge in [-0.25, -0.2) is 4.79 Å². The minimum Gasteiger partial charge on any atom is -0.497 e. The largest absolute Gasteiger partial charge is 0.497 e. The van der Waals surface area contributed by atoms with Gasteiger partial charge in [-0.1, -0.05) is 42.5 Å². The van der Waals surface area contributed by atoms with Gasteiger partial charge in [-0.2, -0.15) is 0 Å². The molecule has 0 saturated carbocycles. The molecule has 0 N–H and O–H groups in total. The average molecular weight is 322 g/mol. The molecule has 0 fully saturated rings. The first-order valence-electron chi connectivity index (χ1n) is 7.78. The topological polar surface area (TPSA) is 52.6 Å². The van der Waals surface area contributed by atoms with Gasteiger partial charge in [0.15, 0.2) is 5.78 Å². The molecule has 0 spiro atoms. The van der Waals surface area contributed by atoms with Crippen molar-refractivity contribution in [2.75, 3.05) is 7.11 Å². The molecule has 4 nitrogen and oxygen atoms in total. The van der Waals surface area contributed by atoms with Crippen LogP contribution in [0, 0.1) is 0 Å². The molecule has 1 aliphatic rings. The van der Waals surface area contributed by atoms with Crippen LogP contribution in [-0.2, 0) is 9.53 Å². The van der Waals surface area contributed by atoms with Crippen molar-refractivity contribution in [3.8, 4) is 5.75 Å². The number of benzene rings is 2. The predicted molar refractivity (Wildman–Crippen MR) is 90.1 cm³/mol. The van der Waals surface area contributed by atoms with Crippen LogP contribution in [0.15, 0.2) is 66.7 Å². The van der Waals surface area contributed by atoms with E-state index in [2.05, 4.69) is 0 Å². The third-order valence-corrected chi connectivity index (χ3v) is 4.12. The maximum absolute atomic E-state index is 12.6. The number of carbonyl (C=O) groups excluding carboxylic acids is 2. The smallest absolute Gasteiger partial charge is 0.331 e. The summed E-state index contributed by atoms with van der Waals surface area (Å²) < 4.78 is 10.5. The molecular formula is C20H18O4. The van der Waals surface area contributed by atoms with E-state index in [0.29, 0.717) is 5.56 Å². The highest BCUT2D eigenvalue weighted by Crippen LogP contribution is 2.31. The molecule has 0 amide bonds. The van der Waals surface area contributed by atoms with Crippen LogP contribution in [0.4, 0.5) is 0 Å². The fraction of sp³-hybridized carbons (Fsp3) is 0.200. The fourth-order valence-electron chi connectivity index (χ4n) is 2.82. The lowest BCUT2D eigenvalue weighted by atomic mass is 9.87. The number of carbonyl (C=O) groups is 2. The van der Waals surface area contributed by atoms with Gasteiger partial charge in [0.1, 0.15) is 11.9 Å². The van der Waals surface area contributed by atoms with E-state index in [1.807, 2.05) is 42.5 Å². The van der Waals surface area contributed by atoms with Gasteiger partial charge in [-0.3, -0.25) is 4.79 Å². The Hall–Kier alpha value is -2.88. The predicted octanol–water partition coefficient (Wildman–Crippen LogP) is 3.53. The van der Waals surface area contributed by atoms with Gasteiger partial charge in [0.05, 0.1) is 7.11 Å². The monoisotopic (exact) mass is 322 g/mol. The third-order valence-electron chi connectivity index (χ3n) is 4.12. The van der Waals surface area contributed by atoms with Crippen LogP contribution in [0.5, 0.6) is 5.75 Å². The van der Waals surface area contributed by atoms with Crippen molar-refractivity contribution >= 4 is 11.8 Å². The highest BCUT2D eigenvalue weighted by Gasteiger charge is 2.30. The zero-order valence-electron chi connectivity index (χ0n) is 13.3. The summed E-state index contributed by atoms with van der Waals surface area (Å²) in [6.07, 6.45) is 2.96. The Kier molecular flexibility index (Phi) is 4.75. The summed E-state index contributed by atoms with van der Waals surface area (Å²) in [6, 6.07) is 16.6. The molecular weight excluding hydrogens is 304 g/mol. The summed E-state index contributed by atoms with van der Waals surface area (Å²) in [5.74, 6) is 0.163. The minimum atomic E-state index is -0.432. The molecule has 2 aromatic carbocycles. The summed E-state index contributed by atoms with van der Waals surface area (Å²) in [6.45, 7) is 0. The second-order valence-electron chi connectivity index (χ2n) is 5.63. The molecule has 0 saturated heterocycles. The normalized spacial score (nSPS) is 17.4. The first kappa shape index (κ1) is 16.0. The maximum atomic E-state index is 12.6.